The molecule has 0 bridgehead atoms. The van der Waals surface area contributed by atoms with Gasteiger partial charge in [-0.15, -0.1) is 0 Å². The van der Waals surface area contributed by atoms with Gasteiger partial charge in [-0.2, -0.15) is 0 Å². The first-order valence-electron chi connectivity index (χ1n) is 12.4. The molecule has 0 unspecified atom stereocenters. The van der Waals surface area contributed by atoms with Crippen molar-refractivity contribution in [2.24, 2.45) is 0 Å². The molecule has 1 aromatic rings. The molecular formula is C24H45N5O2. The third-order valence-electron chi connectivity index (χ3n) is 5.32. The Morgan fingerprint density at radius 2 is 1.26 bits per heavy atom. The van der Waals surface area contributed by atoms with E-state index >= 15 is 0 Å². The summed E-state index contributed by atoms with van der Waals surface area (Å²) in [6.45, 7) is 8.79. The Labute approximate surface area is 189 Å². The third kappa shape index (κ3) is 13.2. The van der Waals surface area contributed by atoms with Gasteiger partial charge < -0.3 is 10.6 Å². The lowest BCUT2D eigenvalue weighted by atomic mass is 10.0. The topological polar surface area (TPSA) is 93.0 Å². The van der Waals surface area contributed by atoms with E-state index in [1.54, 1.807) is 0 Å². The van der Waals surface area contributed by atoms with E-state index in [-0.39, 0.29) is 17.0 Å². The van der Waals surface area contributed by atoms with Crippen LogP contribution in [0.4, 0.5) is 17.3 Å². The van der Waals surface area contributed by atoms with Crippen LogP contribution >= 0.6 is 0 Å². The highest BCUT2D eigenvalue weighted by molar-refractivity contribution is 5.69. The molecule has 0 aromatic carbocycles. The number of nitro groups is 1. The quantitative estimate of drug-likeness (QED) is 0.141. The smallest absolute Gasteiger partial charge is 0.353 e. The maximum absolute atomic E-state index is 11.5. The van der Waals surface area contributed by atoms with Crippen LogP contribution in [0, 0.1) is 10.1 Å². The van der Waals surface area contributed by atoms with Gasteiger partial charge in [0.2, 0.25) is 11.6 Å². The highest BCUT2D eigenvalue weighted by Crippen LogP contribution is 2.30. The molecule has 2 N–H and O–H groups in total. The van der Waals surface area contributed by atoms with Crippen LogP contribution in [0.3, 0.4) is 0 Å². The number of rotatable bonds is 18. The Hall–Kier alpha value is -1.92. The van der Waals surface area contributed by atoms with Gasteiger partial charge in [-0.3, -0.25) is 10.1 Å². The molecule has 1 aromatic heterocycles. The first-order valence-corrected chi connectivity index (χ1v) is 12.4. The Kier molecular flexibility index (Phi) is 13.8. The van der Waals surface area contributed by atoms with E-state index in [2.05, 4.69) is 27.5 Å². The Morgan fingerprint density at radius 3 is 1.71 bits per heavy atom. The third-order valence-corrected chi connectivity index (χ3v) is 5.32. The largest absolute Gasteiger partial charge is 0.364 e. The Morgan fingerprint density at radius 1 is 0.806 bits per heavy atom. The Balaban J connectivity index is 2.14. The van der Waals surface area contributed by atoms with Crippen LogP contribution in [0.15, 0.2) is 6.33 Å². The molecule has 7 nitrogen and oxygen atoms in total. The van der Waals surface area contributed by atoms with Gasteiger partial charge in [-0.05, 0) is 27.2 Å². The lowest BCUT2D eigenvalue weighted by Crippen LogP contribution is -2.27. The van der Waals surface area contributed by atoms with E-state index in [1.165, 1.54) is 83.4 Å². The number of nitrogens with zero attached hydrogens (tertiary/aromatic N) is 3. The minimum absolute atomic E-state index is 0.0808. The van der Waals surface area contributed by atoms with Gasteiger partial charge in [0.1, 0.15) is 6.33 Å². The average Bonchev–Trinajstić information content (AvgIpc) is 2.69. The summed E-state index contributed by atoms with van der Waals surface area (Å²) in [4.78, 5) is 19.3. The normalized spacial score (nSPS) is 11.5. The zero-order valence-electron chi connectivity index (χ0n) is 20.3. The van der Waals surface area contributed by atoms with E-state index in [1.807, 2.05) is 20.8 Å². The van der Waals surface area contributed by atoms with Crippen molar-refractivity contribution in [3.05, 3.63) is 16.4 Å². The lowest BCUT2D eigenvalue weighted by molar-refractivity contribution is -0.383. The molecule has 1 heterocycles. The number of hydrogen-bond donors (Lipinski definition) is 2. The fraction of sp³-hybridized carbons (Fsp3) is 0.833. The molecular weight excluding hydrogens is 390 g/mol. The van der Waals surface area contributed by atoms with Gasteiger partial charge in [-0.1, -0.05) is 90.4 Å². The van der Waals surface area contributed by atoms with Crippen LogP contribution in [-0.4, -0.2) is 27.0 Å². The van der Waals surface area contributed by atoms with Gasteiger partial charge >= 0.3 is 5.69 Å². The van der Waals surface area contributed by atoms with Gasteiger partial charge in [0.25, 0.3) is 0 Å². The van der Waals surface area contributed by atoms with Crippen LogP contribution in [0.1, 0.15) is 118 Å². The molecule has 0 spiro atoms. The molecule has 7 heteroatoms. The van der Waals surface area contributed by atoms with Gasteiger partial charge in [0.05, 0.1) is 4.92 Å². The number of nitrogens with one attached hydrogen (secondary N) is 2. The summed E-state index contributed by atoms with van der Waals surface area (Å²) in [5.41, 5.74) is -0.395. The molecule has 0 atom stereocenters. The van der Waals surface area contributed by atoms with Crippen LogP contribution < -0.4 is 10.6 Å². The molecule has 0 saturated heterocycles. The van der Waals surface area contributed by atoms with E-state index in [9.17, 15) is 10.1 Å². The summed E-state index contributed by atoms with van der Waals surface area (Å²) in [5.74, 6) is 0.553. The second kappa shape index (κ2) is 15.8. The van der Waals surface area contributed by atoms with Crippen LogP contribution in [0.5, 0.6) is 0 Å². The first kappa shape index (κ1) is 27.1. The molecule has 0 radical (unpaired) electrons. The summed E-state index contributed by atoms with van der Waals surface area (Å²) in [5, 5.41) is 17.8. The maximum atomic E-state index is 11.5. The molecule has 0 aliphatic rings. The van der Waals surface area contributed by atoms with E-state index in [0.717, 1.165) is 12.8 Å². The highest BCUT2D eigenvalue weighted by atomic mass is 16.6. The molecule has 0 fully saturated rings. The van der Waals surface area contributed by atoms with E-state index in [4.69, 9.17) is 0 Å². The van der Waals surface area contributed by atoms with Crippen molar-refractivity contribution >= 4 is 17.3 Å². The van der Waals surface area contributed by atoms with Gasteiger partial charge in [0.15, 0.2) is 0 Å². The molecule has 0 amide bonds. The van der Waals surface area contributed by atoms with Crippen LogP contribution in [0.2, 0.25) is 0 Å². The van der Waals surface area contributed by atoms with Crippen molar-refractivity contribution in [2.75, 3.05) is 17.2 Å². The molecule has 0 saturated carbocycles. The molecule has 0 aliphatic heterocycles. The SMILES string of the molecule is CCCCCCCCCCCCCCCCNc1ncnc(NC(C)(C)C)c1[N+](=O)[O-]. The number of aromatic nitrogens is 2. The monoisotopic (exact) mass is 435 g/mol. The van der Waals surface area contributed by atoms with Crippen molar-refractivity contribution in [1.82, 2.24) is 9.97 Å². The number of anilines is 2. The summed E-state index contributed by atoms with van der Waals surface area (Å²) in [6.07, 6.45) is 19.8. The van der Waals surface area contributed by atoms with Crippen LogP contribution in [-0.2, 0) is 0 Å². The maximum Gasteiger partial charge on any atom is 0.353 e. The zero-order valence-corrected chi connectivity index (χ0v) is 20.3. The Bertz CT molecular complexity index is 616. The minimum atomic E-state index is -0.415. The zero-order chi connectivity index (χ0) is 23.0. The second-order valence-electron chi connectivity index (χ2n) is 9.57. The van der Waals surface area contributed by atoms with E-state index < -0.39 is 4.92 Å². The second-order valence-corrected chi connectivity index (χ2v) is 9.57. The van der Waals surface area contributed by atoms with Crippen molar-refractivity contribution in [3.63, 3.8) is 0 Å². The van der Waals surface area contributed by atoms with Crippen molar-refractivity contribution in [2.45, 2.75) is 123 Å². The van der Waals surface area contributed by atoms with Gasteiger partial charge in [-0.25, -0.2) is 9.97 Å². The average molecular weight is 436 g/mol. The van der Waals surface area contributed by atoms with Crippen molar-refractivity contribution < 1.29 is 4.92 Å². The lowest BCUT2D eigenvalue weighted by Gasteiger charge is -2.21. The first-order chi connectivity index (χ1) is 14.8. The summed E-state index contributed by atoms with van der Waals surface area (Å²) < 4.78 is 0. The molecule has 178 valence electrons. The van der Waals surface area contributed by atoms with Crippen LogP contribution in [0.25, 0.3) is 0 Å². The molecule has 31 heavy (non-hydrogen) atoms. The predicted octanol–water partition coefficient (Wildman–Crippen LogP) is 7.49. The molecule has 0 aliphatic carbocycles. The molecule has 1 rings (SSSR count). The van der Waals surface area contributed by atoms with Crippen molar-refractivity contribution in [1.29, 1.82) is 0 Å². The van der Waals surface area contributed by atoms with Gasteiger partial charge in [0, 0.05) is 12.1 Å². The highest BCUT2D eigenvalue weighted by Gasteiger charge is 2.25. The minimum Gasteiger partial charge on any atom is -0.364 e. The van der Waals surface area contributed by atoms with E-state index in [0.29, 0.717) is 12.4 Å². The van der Waals surface area contributed by atoms with Crippen molar-refractivity contribution in [3.8, 4) is 0 Å². The standard InChI is InChI=1S/C24H45N5O2/c1-5-6-7-8-9-10-11-12-13-14-15-16-17-18-19-25-22-21(29(30)31)23(27-20-26-22)28-24(2,3)4/h20H,5-19H2,1-4H3,(H2,25,26,27,28). The number of unbranched alkanes of at least 4 members (excludes halogenated alkanes) is 13. The number of hydrogen-bond acceptors (Lipinski definition) is 6. The fourth-order valence-corrected chi connectivity index (χ4v) is 3.65. The predicted molar refractivity (Wildman–Crippen MR) is 131 cm³/mol. The fourth-order valence-electron chi connectivity index (χ4n) is 3.65. The summed E-state index contributed by atoms with van der Waals surface area (Å²) >= 11 is 0. The summed E-state index contributed by atoms with van der Waals surface area (Å²) in [7, 11) is 0. The summed E-state index contributed by atoms with van der Waals surface area (Å²) in [6, 6.07) is 0.